The average molecular weight is 302 g/mol. The molecule has 1 aromatic rings. The zero-order valence-electron chi connectivity index (χ0n) is 9.88. The fourth-order valence-electron chi connectivity index (χ4n) is 2.43. The summed E-state index contributed by atoms with van der Waals surface area (Å²) in [6, 6.07) is 5.10. The Morgan fingerprint density at radius 3 is 2.76 bits per heavy atom. The van der Waals surface area contributed by atoms with Crippen LogP contribution < -0.4 is 5.73 Å². The molecule has 1 atom stereocenters. The highest BCUT2D eigenvalue weighted by Gasteiger charge is 2.46. The van der Waals surface area contributed by atoms with Crippen molar-refractivity contribution in [2.24, 2.45) is 11.7 Å². The molecule has 17 heavy (non-hydrogen) atoms. The first kappa shape index (κ1) is 13.0. The molecule has 0 bridgehead atoms. The Morgan fingerprint density at radius 2 is 2.24 bits per heavy atom. The van der Waals surface area contributed by atoms with Crippen LogP contribution in [0.5, 0.6) is 0 Å². The third kappa shape index (κ3) is 2.26. The van der Waals surface area contributed by atoms with E-state index in [2.05, 4.69) is 22.9 Å². The Morgan fingerprint density at radius 1 is 1.53 bits per heavy atom. The second-order valence-electron chi connectivity index (χ2n) is 4.75. The van der Waals surface area contributed by atoms with Crippen LogP contribution in [0.1, 0.15) is 18.9 Å². The molecule has 2 rings (SSSR count). The molecule has 1 aromatic carbocycles. The van der Waals surface area contributed by atoms with E-state index >= 15 is 0 Å². The monoisotopic (exact) mass is 301 g/mol. The van der Waals surface area contributed by atoms with Gasteiger partial charge in [0.25, 0.3) is 0 Å². The number of nitrogens with two attached hydrogens (primary N) is 1. The van der Waals surface area contributed by atoms with E-state index in [9.17, 15) is 4.39 Å². The number of hydrogen-bond acceptors (Lipinski definition) is 2. The lowest BCUT2D eigenvalue weighted by molar-refractivity contribution is -0.0899. The van der Waals surface area contributed by atoms with Crippen molar-refractivity contribution in [3.05, 3.63) is 34.1 Å². The minimum absolute atomic E-state index is 0.152. The molecule has 1 aliphatic rings. The third-order valence-corrected chi connectivity index (χ3v) is 4.22. The zero-order chi connectivity index (χ0) is 12.5. The lowest BCUT2D eigenvalue weighted by Crippen LogP contribution is -2.52. The summed E-state index contributed by atoms with van der Waals surface area (Å²) in [5.74, 6) is 0.172. The molecule has 1 unspecified atom stereocenters. The van der Waals surface area contributed by atoms with Gasteiger partial charge < -0.3 is 10.5 Å². The number of ether oxygens (including phenoxy) is 1. The Balaban J connectivity index is 2.37. The van der Waals surface area contributed by atoms with Gasteiger partial charge in [-0.25, -0.2) is 4.39 Å². The van der Waals surface area contributed by atoms with Gasteiger partial charge in [-0.2, -0.15) is 0 Å². The van der Waals surface area contributed by atoms with E-state index in [4.69, 9.17) is 10.5 Å². The summed E-state index contributed by atoms with van der Waals surface area (Å²) in [6.07, 6.45) is 0.884. The third-order valence-electron chi connectivity index (χ3n) is 3.73. The summed E-state index contributed by atoms with van der Waals surface area (Å²) in [7, 11) is 0. The number of hydrogen-bond donors (Lipinski definition) is 1. The summed E-state index contributed by atoms with van der Waals surface area (Å²) in [5.41, 5.74) is 6.16. The number of halogens is 2. The van der Waals surface area contributed by atoms with Crippen molar-refractivity contribution in [2.45, 2.75) is 18.8 Å². The van der Waals surface area contributed by atoms with E-state index in [-0.39, 0.29) is 11.2 Å². The van der Waals surface area contributed by atoms with Crippen LogP contribution in [0.25, 0.3) is 0 Å². The SMILES string of the molecule is CC(CCN)C1(c2cc(Br)ccc2F)COC1. The van der Waals surface area contributed by atoms with Crippen LogP contribution >= 0.6 is 15.9 Å². The highest BCUT2D eigenvalue weighted by Crippen LogP contribution is 2.42. The molecule has 0 amide bonds. The van der Waals surface area contributed by atoms with E-state index in [1.165, 1.54) is 6.07 Å². The van der Waals surface area contributed by atoms with Gasteiger partial charge in [-0.3, -0.25) is 0 Å². The van der Waals surface area contributed by atoms with Crippen LogP contribution in [0.15, 0.2) is 22.7 Å². The predicted octanol–water partition coefficient (Wildman–Crippen LogP) is 2.84. The standard InChI is InChI=1S/C13H17BrFNO/c1-9(4-5-16)13(7-17-8-13)11-6-10(14)2-3-12(11)15/h2-3,6,9H,4-5,7-8,16H2,1H3. The van der Waals surface area contributed by atoms with Gasteiger partial charge in [0.1, 0.15) is 5.82 Å². The molecule has 0 spiro atoms. The van der Waals surface area contributed by atoms with Gasteiger partial charge in [-0.05, 0) is 42.6 Å². The second kappa shape index (κ2) is 5.04. The van der Waals surface area contributed by atoms with Crippen molar-refractivity contribution in [1.82, 2.24) is 0 Å². The quantitative estimate of drug-likeness (QED) is 0.928. The Bertz CT molecular complexity index is 406. The van der Waals surface area contributed by atoms with Crippen LogP contribution in [-0.4, -0.2) is 19.8 Å². The molecule has 1 heterocycles. The Hall–Kier alpha value is -0.450. The first-order valence-corrected chi connectivity index (χ1v) is 6.63. The molecule has 0 saturated carbocycles. The summed E-state index contributed by atoms with van der Waals surface area (Å²) in [6.45, 7) is 3.91. The van der Waals surface area contributed by atoms with Gasteiger partial charge in [-0.15, -0.1) is 0 Å². The van der Waals surface area contributed by atoms with Crippen LogP contribution in [0.3, 0.4) is 0 Å². The van der Waals surface area contributed by atoms with Crippen molar-refractivity contribution >= 4 is 15.9 Å². The molecule has 0 aliphatic carbocycles. The minimum atomic E-state index is -0.201. The van der Waals surface area contributed by atoms with Gasteiger partial charge in [0, 0.05) is 9.89 Å². The van der Waals surface area contributed by atoms with E-state index in [0.29, 0.717) is 25.7 Å². The maximum atomic E-state index is 14.0. The predicted molar refractivity (Wildman–Crippen MR) is 69.4 cm³/mol. The average Bonchev–Trinajstić information content (AvgIpc) is 2.22. The van der Waals surface area contributed by atoms with Gasteiger partial charge in [0.05, 0.1) is 13.2 Å². The Kier molecular flexibility index (Phi) is 3.85. The first-order valence-electron chi connectivity index (χ1n) is 5.83. The molecule has 0 aromatic heterocycles. The summed E-state index contributed by atoms with van der Waals surface area (Å²) in [5, 5.41) is 0. The summed E-state index contributed by atoms with van der Waals surface area (Å²) < 4.78 is 20.2. The molecule has 2 nitrogen and oxygen atoms in total. The van der Waals surface area contributed by atoms with Gasteiger partial charge in [0.2, 0.25) is 0 Å². The van der Waals surface area contributed by atoms with E-state index in [1.54, 1.807) is 6.07 Å². The topological polar surface area (TPSA) is 35.2 Å². The highest BCUT2D eigenvalue weighted by molar-refractivity contribution is 9.10. The molecule has 0 radical (unpaired) electrons. The van der Waals surface area contributed by atoms with Gasteiger partial charge >= 0.3 is 0 Å². The van der Waals surface area contributed by atoms with Gasteiger partial charge in [0.15, 0.2) is 0 Å². The van der Waals surface area contributed by atoms with Gasteiger partial charge in [-0.1, -0.05) is 22.9 Å². The maximum Gasteiger partial charge on any atom is 0.127 e. The van der Waals surface area contributed by atoms with E-state index in [1.807, 2.05) is 6.07 Å². The molecule has 94 valence electrons. The van der Waals surface area contributed by atoms with Crippen molar-refractivity contribution in [3.8, 4) is 0 Å². The fourth-order valence-corrected chi connectivity index (χ4v) is 2.79. The largest absolute Gasteiger partial charge is 0.379 e. The second-order valence-corrected chi connectivity index (χ2v) is 5.67. The smallest absolute Gasteiger partial charge is 0.127 e. The lowest BCUT2D eigenvalue weighted by Gasteiger charge is -2.46. The molecule has 2 N–H and O–H groups in total. The van der Waals surface area contributed by atoms with Crippen molar-refractivity contribution in [1.29, 1.82) is 0 Å². The fraction of sp³-hybridized carbons (Fsp3) is 0.538. The van der Waals surface area contributed by atoms with Crippen LogP contribution in [0.2, 0.25) is 0 Å². The lowest BCUT2D eigenvalue weighted by atomic mass is 9.68. The molecule has 1 saturated heterocycles. The Labute approximate surface area is 109 Å². The van der Waals surface area contributed by atoms with Crippen LogP contribution in [-0.2, 0) is 10.2 Å². The molecular weight excluding hydrogens is 285 g/mol. The normalized spacial score (nSPS) is 19.8. The van der Waals surface area contributed by atoms with Crippen molar-refractivity contribution < 1.29 is 9.13 Å². The molecule has 4 heteroatoms. The van der Waals surface area contributed by atoms with E-state index < -0.39 is 0 Å². The first-order chi connectivity index (χ1) is 8.10. The van der Waals surface area contributed by atoms with Crippen molar-refractivity contribution in [2.75, 3.05) is 19.8 Å². The highest BCUT2D eigenvalue weighted by atomic mass is 79.9. The van der Waals surface area contributed by atoms with Crippen molar-refractivity contribution in [3.63, 3.8) is 0 Å². The zero-order valence-corrected chi connectivity index (χ0v) is 11.5. The molecular formula is C13H17BrFNO. The minimum Gasteiger partial charge on any atom is -0.379 e. The number of rotatable bonds is 4. The van der Waals surface area contributed by atoms with Crippen LogP contribution in [0.4, 0.5) is 4.39 Å². The van der Waals surface area contributed by atoms with E-state index in [0.717, 1.165) is 16.5 Å². The number of benzene rings is 1. The molecule has 1 aliphatic heterocycles. The summed E-state index contributed by atoms with van der Waals surface area (Å²) >= 11 is 3.40. The molecule has 1 fully saturated rings. The maximum absolute atomic E-state index is 14.0. The summed E-state index contributed by atoms with van der Waals surface area (Å²) in [4.78, 5) is 0. The van der Waals surface area contributed by atoms with Crippen LogP contribution in [0, 0.1) is 11.7 Å².